The molecule has 2 rings (SSSR count). The molecule has 1 atom stereocenters. The smallest absolute Gasteiger partial charge is 0.310 e. The van der Waals surface area contributed by atoms with Crippen molar-refractivity contribution in [3.63, 3.8) is 0 Å². The van der Waals surface area contributed by atoms with Crippen molar-refractivity contribution in [2.24, 2.45) is 10.9 Å². The molecule has 150 valence electrons. The first-order chi connectivity index (χ1) is 13.0. The predicted molar refractivity (Wildman–Crippen MR) is 108 cm³/mol. The zero-order chi connectivity index (χ0) is 19.6. The van der Waals surface area contributed by atoms with Gasteiger partial charge in [-0.2, -0.15) is 0 Å². The number of rotatable bonds is 7. The van der Waals surface area contributed by atoms with Crippen LogP contribution in [0.25, 0.3) is 0 Å². The van der Waals surface area contributed by atoms with Crippen LogP contribution in [-0.2, 0) is 16.0 Å². The van der Waals surface area contributed by atoms with Crippen molar-refractivity contribution in [2.75, 3.05) is 33.3 Å². The van der Waals surface area contributed by atoms with Crippen LogP contribution >= 0.6 is 0 Å². The Labute approximate surface area is 162 Å². The van der Waals surface area contributed by atoms with Gasteiger partial charge in [-0.3, -0.25) is 9.79 Å². The van der Waals surface area contributed by atoms with Gasteiger partial charge in [-0.1, -0.05) is 12.1 Å². The fourth-order valence-electron chi connectivity index (χ4n) is 3.28. The summed E-state index contributed by atoms with van der Waals surface area (Å²) in [5, 5.41) is 3.42. The molecule has 1 N–H and O–H groups in total. The van der Waals surface area contributed by atoms with E-state index in [0.29, 0.717) is 13.2 Å². The van der Waals surface area contributed by atoms with Crippen LogP contribution in [-0.4, -0.2) is 56.2 Å². The van der Waals surface area contributed by atoms with Gasteiger partial charge in [0.25, 0.3) is 0 Å². The summed E-state index contributed by atoms with van der Waals surface area (Å²) in [7, 11) is 1.79. The number of carbonyl (C=O) groups is 1. The zero-order valence-electron chi connectivity index (χ0n) is 17.0. The van der Waals surface area contributed by atoms with Crippen LogP contribution in [0.2, 0.25) is 0 Å². The normalized spacial score (nSPS) is 17.7. The first kappa shape index (κ1) is 21.1. The van der Waals surface area contributed by atoms with Gasteiger partial charge in [0, 0.05) is 26.7 Å². The molecule has 6 nitrogen and oxygen atoms in total. The lowest BCUT2D eigenvalue weighted by molar-refractivity contribution is -0.149. The number of benzene rings is 1. The van der Waals surface area contributed by atoms with Crippen molar-refractivity contribution in [3.8, 4) is 5.75 Å². The molecule has 0 radical (unpaired) electrons. The van der Waals surface area contributed by atoms with Crippen molar-refractivity contribution in [1.29, 1.82) is 0 Å². The third-order valence-corrected chi connectivity index (χ3v) is 4.54. The highest BCUT2D eigenvalue weighted by atomic mass is 16.5. The Bertz CT molecular complexity index is 614. The van der Waals surface area contributed by atoms with Gasteiger partial charge >= 0.3 is 5.97 Å². The second kappa shape index (κ2) is 10.8. The number of nitrogens with zero attached hydrogens (tertiary/aromatic N) is 2. The molecule has 0 aliphatic carbocycles. The van der Waals surface area contributed by atoms with Gasteiger partial charge in [0.15, 0.2) is 5.96 Å². The molecule has 1 aliphatic rings. The number of likely N-dealkylation sites (tertiary alicyclic amines) is 1. The number of nitrogens with one attached hydrogen (secondary N) is 1. The summed E-state index contributed by atoms with van der Waals surface area (Å²) >= 11 is 0. The lowest BCUT2D eigenvalue weighted by Gasteiger charge is -2.34. The minimum Gasteiger partial charge on any atom is -0.491 e. The molecule has 1 unspecified atom stereocenters. The number of guanidine groups is 1. The number of piperidine rings is 1. The Morgan fingerprint density at radius 1 is 1.33 bits per heavy atom. The van der Waals surface area contributed by atoms with E-state index in [0.717, 1.165) is 44.1 Å². The molecule has 0 spiro atoms. The van der Waals surface area contributed by atoms with E-state index in [2.05, 4.69) is 27.3 Å². The molecule has 1 aliphatic heterocycles. The highest BCUT2D eigenvalue weighted by Gasteiger charge is 2.28. The lowest BCUT2D eigenvalue weighted by Crippen LogP contribution is -2.48. The van der Waals surface area contributed by atoms with E-state index < -0.39 is 0 Å². The number of esters is 1. The molecule has 0 amide bonds. The lowest BCUT2D eigenvalue weighted by atomic mass is 9.98. The predicted octanol–water partition coefficient (Wildman–Crippen LogP) is 2.87. The molecule has 27 heavy (non-hydrogen) atoms. The van der Waals surface area contributed by atoms with Crippen molar-refractivity contribution >= 4 is 11.9 Å². The van der Waals surface area contributed by atoms with Crippen LogP contribution in [0.3, 0.4) is 0 Å². The average Bonchev–Trinajstić information content (AvgIpc) is 2.66. The van der Waals surface area contributed by atoms with Crippen molar-refractivity contribution in [3.05, 3.63) is 29.8 Å². The van der Waals surface area contributed by atoms with Crippen LogP contribution in [0, 0.1) is 5.92 Å². The highest BCUT2D eigenvalue weighted by molar-refractivity contribution is 5.81. The van der Waals surface area contributed by atoms with Gasteiger partial charge in [0.2, 0.25) is 0 Å². The minimum absolute atomic E-state index is 0.0641. The molecule has 1 fully saturated rings. The maximum absolute atomic E-state index is 12.0. The van der Waals surface area contributed by atoms with Gasteiger partial charge in [-0.25, -0.2) is 0 Å². The summed E-state index contributed by atoms with van der Waals surface area (Å²) in [5.41, 5.74) is 1.25. The number of hydrogen-bond acceptors (Lipinski definition) is 4. The van der Waals surface area contributed by atoms with E-state index in [-0.39, 0.29) is 18.0 Å². The molecule has 1 saturated heterocycles. The Hall–Kier alpha value is -2.24. The number of aliphatic imine (C=N–C) groups is 1. The third-order valence-electron chi connectivity index (χ3n) is 4.54. The van der Waals surface area contributed by atoms with Crippen LogP contribution in [0.1, 0.15) is 39.2 Å². The molecule has 1 aromatic rings. The Balaban J connectivity index is 1.82. The summed E-state index contributed by atoms with van der Waals surface area (Å²) in [6.45, 7) is 8.70. The van der Waals surface area contributed by atoms with E-state index in [4.69, 9.17) is 9.47 Å². The summed E-state index contributed by atoms with van der Waals surface area (Å²) in [6, 6.07) is 8.22. The summed E-state index contributed by atoms with van der Waals surface area (Å²) < 4.78 is 10.9. The van der Waals surface area contributed by atoms with Gasteiger partial charge in [-0.15, -0.1) is 0 Å². The summed E-state index contributed by atoms with van der Waals surface area (Å²) in [5.74, 6) is 1.59. The first-order valence-corrected chi connectivity index (χ1v) is 9.91. The van der Waals surface area contributed by atoms with Crippen molar-refractivity contribution < 1.29 is 14.3 Å². The van der Waals surface area contributed by atoms with Gasteiger partial charge in [0.05, 0.1) is 18.6 Å². The van der Waals surface area contributed by atoms with Gasteiger partial charge in [-0.05, 0) is 57.7 Å². The van der Waals surface area contributed by atoms with E-state index in [1.165, 1.54) is 5.56 Å². The minimum atomic E-state index is -0.0960. The Morgan fingerprint density at radius 2 is 2.07 bits per heavy atom. The van der Waals surface area contributed by atoms with Crippen LogP contribution in [0.5, 0.6) is 5.75 Å². The highest BCUT2D eigenvalue weighted by Crippen LogP contribution is 2.18. The second-order valence-corrected chi connectivity index (χ2v) is 7.07. The molecular weight excluding hydrogens is 342 g/mol. The molecule has 1 heterocycles. The molecule has 0 aromatic heterocycles. The van der Waals surface area contributed by atoms with E-state index in [1.54, 1.807) is 7.05 Å². The number of ether oxygens (including phenoxy) is 2. The van der Waals surface area contributed by atoms with E-state index >= 15 is 0 Å². The van der Waals surface area contributed by atoms with Crippen LogP contribution in [0.15, 0.2) is 29.3 Å². The Kier molecular flexibility index (Phi) is 8.43. The summed E-state index contributed by atoms with van der Waals surface area (Å²) in [6.07, 6.45) is 2.94. The fraction of sp³-hybridized carbons (Fsp3) is 0.619. The van der Waals surface area contributed by atoms with Crippen molar-refractivity contribution in [1.82, 2.24) is 10.2 Å². The second-order valence-electron chi connectivity index (χ2n) is 7.07. The number of hydrogen-bond donors (Lipinski definition) is 1. The largest absolute Gasteiger partial charge is 0.491 e. The maximum atomic E-state index is 12.0. The topological polar surface area (TPSA) is 63.2 Å². The molecule has 0 bridgehead atoms. The molecule has 1 aromatic carbocycles. The van der Waals surface area contributed by atoms with E-state index in [9.17, 15) is 4.79 Å². The molecule has 6 heteroatoms. The quantitative estimate of drug-likeness (QED) is 0.451. The Morgan fingerprint density at radius 3 is 2.70 bits per heavy atom. The first-order valence-electron chi connectivity index (χ1n) is 9.91. The fourth-order valence-corrected chi connectivity index (χ4v) is 3.28. The van der Waals surface area contributed by atoms with Crippen LogP contribution in [0.4, 0.5) is 0 Å². The standard InChI is InChI=1S/C21H33N3O3/c1-5-26-20(25)18-7-6-14-24(15-18)21(22-4)23-13-12-17-8-10-19(11-9-17)27-16(2)3/h8-11,16,18H,5-7,12-15H2,1-4H3,(H,22,23). The van der Waals surface area contributed by atoms with Crippen LogP contribution < -0.4 is 10.1 Å². The van der Waals surface area contributed by atoms with Gasteiger partial charge in [0.1, 0.15) is 5.75 Å². The van der Waals surface area contributed by atoms with E-state index in [1.807, 2.05) is 32.9 Å². The molecule has 0 saturated carbocycles. The monoisotopic (exact) mass is 375 g/mol. The SMILES string of the molecule is CCOC(=O)C1CCCN(C(=NC)NCCc2ccc(OC(C)C)cc2)C1. The number of carbonyl (C=O) groups excluding carboxylic acids is 1. The zero-order valence-corrected chi connectivity index (χ0v) is 17.0. The summed E-state index contributed by atoms with van der Waals surface area (Å²) in [4.78, 5) is 18.6. The molecular formula is C21H33N3O3. The average molecular weight is 376 g/mol. The van der Waals surface area contributed by atoms with Crippen molar-refractivity contribution in [2.45, 2.75) is 46.1 Å². The maximum Gasteiger partial charge on any atom is 0.310 e. The third kappa shape index (κ3) is 6.77. The van der Waals surface area contributed by atoms with Gasteiger partial charge < -0.3 is 19.7 Å².